The summed E-state index contributed by atoms with van der Waals surface area (Å²) in [5, 5.41) is 8.81. The first-order valence-electron chi connectivity index (χ1n) is 11.4. The van der Waals surface area contributed by atoms with Crippen LogP contribution in [0.25, 0.3) is 0 Å². The standard InChI is InChI=1S/C25H20F4N6O3/c1-3-15-6-9-19(18(26)10-15)34-12-20(36)35(23(21(34)37)13-33(14-23)22(38)30-2)11-16-4-7-17(8-5-16)24(31-32-24)25(27,28)29/h1,4-10H,11-14H2,2H3,(H,30,38). The molecule has 0 bridgehead atoms. The maximum atomic E-state index is 14.8. The van der Waals surface area contributed by atoms with Gasteiger partial charge in [-0.3, -0.25) is 14.5 Å². The highest BCUT2D eigenvalue weighted by Gasteiger charge is 2.65. The molecule has 2 fully saturated rings. The number of halogens is 4. The van der Waals surface area contributed by atoms with E-state index in [4.69, 9.17) is 6.42 Å². The Kier molecular flexibility index (Phi) is 5.66. The quantitative estimate of drug-likeness (QED) is 0.488. The first kappa shape index (κ1) is 25.2. The SMILES string of the molecule is C#Cc1ccc(N2CC(=O)N(Cc3ccc(C4(C(F)(F)F)N=N4)cc3)C3(CN(C(=O)NC)C3)C2=O)c(F)c1. The number of carbonyl (C=O) groups excluding carboxylic acids is 3. The van der Waals surface area contributed by atoms with E-state index in [2.05, 4.69) is 21.5 Å². The van der Waals surface area contributed by atoms with E-state index in [1.807, 2.05) is 0 Å². The van der Waals surface area contributed by atoms with Crippen LogP contribution in [0.15, 0.2) is 52.7 Å². The van der Waals surface area contributed by atoms with Gasteiger partial charge in [-0.25, -0.2) is 9.18 Å². The number of alkyl halides is 3. The highest BCUT2D eigenvalue weighted by molar-refractivity contribution is 6.10. The molecule has 3 heterocycles. The van der Waals surface area contributed by atoms with Crippen molar-refractivity contribution in [2.24, 2.45) is 10.2 Å². The molecular weight excluding hydrogens is 508 g/mol. The van der Waals surface area contributed by atoms with E-state index in [1.165, 1.54) is 53.2 Å². The van der Waals surface area contributed by atoms with Crippen molar-refractivity contribution in [3.8, 4) is 12.3 Å². The maximum absolute atomic E-state index is 14.8. The number of piperazine rings is 1. The Bertz CT molecular complexity index is 1400. The van der Waals surface area contributed by atoms with Crippen molar-refractivity contribution >= 4 is 23.5 Å². The zero-order chi connectivity index (χ0) is 27.5. The lowest BCUT2D eigenvalue weighted by atomic mass is 9.83. The van der Waals surface area contributed by atoms with E-state index in [1.54, 1.807) is 0 Å². The van der Waals surface area contributed by atoms with E-state index in [9.17, 15) is 31.9 Å². The summed E-state index contributed by atoms with van der Waals surface area (Å²) < 4.78 is 54.8. The number of hydrogen-bond acceptors (Lipinski definition) is 5. The van der Waals surface area contributed by atoms with Gasteiger partial charge in [-0.15, -0.1) is 16.7 Å². The smallest absolute Gasteiger partial charge is 0.341 e. The second kappa shape index (κ2) is 8.54. The lowest BCUT2D eigenvalue weighted by molar-refractivity contribution is -0.166. The van der Waals surface area contributed by atoms with Gasteiger partial charge in [-0.05, 0) is 23.8 Å². The molecule has 0 atom stereocenters. The summed E-state index contributed by atoms with van der Waals surface area (Å²) in [5.74, 6) is 0.404. The molecule has 1 spiro atoms. The predicted molar refractivity (Wildman–Crippen MR) is 125 cm³/mol. The summed E-state index contributed by atoms with van der Waals surface area (Å²) >= 11 is 0. The molecule has 4 amide bonds. The fourth-order valence-corrected chi connectivity index (χ4v) is 4.81. The predicted octanol–water partition coefficient (Wildman–Crippen LogP) is 2.76. The van der Waals surface area contributed by atoms with Crippen LogP contribution in [0.1, 0.15) is 16.7 Å². The van der Waals surface area contributed by atoms with Crippen molar-refractivity contribution in [1.82, 2.24) is 15.1 Å². The normalized spacial score (nSPS) is 19.3. The van der Waals surface area contributed by atoms with Gasteiger partial charge in [0.1, 0.15) is 12.4 Å². The topological polar surface area (TPSA) is 97.7 Å². The molecule has 0 radical (unpaired) electrons. The highest BCUT2D eigenvalue weighted by atomic mass is 19.4. The molecule has 0 unspecified atom stereocenters. The van der Waals surface area contributed by atoms with Crippen LogP contribution in [0.3, 0.4) is 0 Å². The zero-order valence-electron chi connectivity index (χ0n) is 19.9. The number of rotatable bonds is 4. The summed E-state index contributed by atoms with van der Waals surface area (Å²) in [4.78, 5) is 42.9. The van der Waals surface area contributed by atoms with Crippen LogP contribution < -0.4 is 10.2 Å². The Morgan fingerprint density at radius 3 is 2.32 bits per heavy atom. The minimum Gasteiger partial charge on any atom is -0.341 e. The number of urea groups is 1. The Morgan fingerprint density at radius 2 is 1.79 bits per heavy atom. The summed E-state index contributed by atoms with van der Waals surface area (Å²) in [6.45, 7) is -0.887. The maximum Gasteiger partial charge on any atom is 0.442 e. The van der Waals surface area contributed by atoms with Gasteiger partial charge >= 0.3 is 17.9 Å². The van der Waals surface area contributed by atoms with Gasteiger partial charge in [0.15, 0.2) is 5.54 Å². The van der Waals surface area contributed by atoms with Crippen LogP contribution in [-0.4, -0.2) is 66.0 Å². The number of carbonyl (C=O) groups is 3. The second-order valence-corrected chi connectivity index (χ2v) is 9.19. The summed E-state index contributed by atoms with van der Waals surface area (Å²) in [7, 11) is 1.42. The minimum atomic E-state index is -4.68. The van der Waals surface area contributed by atoms with Crippen LogP contribution in [-0.2, 0) is 21.8 Å². The molecule has 2 aromatic rings. The summed E-state index contributed by atoms with van der Waals surface area (Å²) in [5.41, 5.74) is -3.66. The minimum absolute atomic E-state index is 0.119. The Balaban J connectivity index is 1.44. The molecule has 3 aliphatic heterocycles. The van der Waals surface area contributed by atoms with E-state index in [0.29, 0.717) is 5.56 Å². The van der Waals surface area contributed by atoms with Crippen molar-refractivity contribution in [3.05, 3.63) is 65.0 Å². The van der Waals surface area contributed by atoms with E-state index in [0.717, 1.165) is 11.0 Å². The lowest BCUT2D eigenvalue weighted by Crippen LogP contribution is -2.81. The van der Waals surface area contributed by atoms with Gasteiger partial charge in [0.25, 0.3) is 5.91 Å². The second-order valence-electron chi connectivity index (χ2n) is 9.19. The number of likely N-dealkylation sites (tertiary alicyclic amines) is 1. The van der Waals surface area contributed by atoms with Gasteiger partial charge in [-0.1, -0.05) is 30.2 Å². The largest absolute Gasteiger partial charge is 0.442 e. The van der Waals surface area contributed by atoms with Crippen LogP contribution in [0.5, 0.6) is 0 Å². The van der Waals surface area contributed by atoms with Gasteiger partial charge in [0.05, 0.1) is 18.8 Å². The first-order valence-corrected chi connectivity index (χ1v) is 11.4. The molecule has 0 aliphatic carbocycles. The van der Waals surface area contributed by atoms with E-state index >= 15 is 0 Å². The molecule has 0 aromatic heterocycles. The Morgan fingerprint density at radius 1 is 1.13 bits per heavy atom. The number of nitrogens with one attached hydrogen (secondary N) is 1. The highest BCUT2D eigenvalue weighted by Crippen LogP contribution is 2.52. The third-order valence-electron chi connectivity index (χ3n) is 6.96. The molecule has 5 rings (SSSR count). The average molecular weight is 528 g/mol. The Labute approximate surface area is 214 Å². The van der Waals surface area contributed by atoms with Crippen molar-refractivity contribution in [2.75, 3.05) is 31.6 Å². The molecule has 13 heteroatoms. The van der Waals surface area contributed by atoms with Gasteiger partial charge in [0.2, 0.25) is 5.91 Å². The zero-order valence-corrected chi connectivity index (χ0v) is 19.9. The van der Waals surface area contributed by atoms with E-state index < -0.39 is 47.6 Å². The molecule has 0 saturated carbocycles. The van der Waals surface area contributed by atoms with Crippen molar-refractivity contribution < 1.29 is 31.9 Å². The van der Waals surface area contributed by atoms with Crippen molar-refractivity contribution in [1.29, 1.82) is 0 Å². The molecule has 2 aromatic carbocycles. The fraction of sp³-hybridized carbons (Fsp3) is 0.320. The first-order chi connectivity index (χ1) is 18.0. The van der Waals surface area contributed by atoms with Gasteiger partial charge in [0, 0.05) is 24.7 Å². The average Bonchev–Trinajstić information content (AvgIpc) is 3.68. The lowest BCUT2D eigenvalue weighted by Gasteiger charge is -2.57. The number of benzene rings is 2. The number of nitrogens with zero attached hydrogens (tertiary/aromatic N) is 5. The molecule has 38 heavy (non-hydrogen) atoms. The Hall–Kier alpha value is -4.47. The molecule has 196 valence electrons. The number of hydrogen-bond donors (Lipinski definition) is 1. The number of anilines is 1. The van der Waals surface area contributed by atoms with Crippen molar-refractivity contribution in [3.63, 3.8) is 0 Å². The summed E-state index contributed by atoms with van der Waals surface area (Å²) in [6.07, 6.45) is 0.629. The molecule has 2 saturated heterocycles. The number of amides is 4. The molecule has 1 N–H and O–H groups in total. The van der Waals surface area contributed by atoms with Crippen LogP contribution >= 0.6 is 0 Å². The molecule has 3 aliphatic rings. The third kappa shape index (κ3) is 3.75. The molecule has 9 nitrogen and oxygen atoms in total. The van der Waals surface area contributed by atoms with Gasteiger partial charge in [-0.2, -0.15) is 13.2 Å². The number of terminal acetylenes is 1. The van der Waals surface area contributed by atoms with Crippen LogP contribution in [0, 0.1) is 18.2 Å². The van der Waals surface area contributed by atoms with Gasteiger partial charge < -0.3 is 15.1 Å². The fourth-order valence-electron chi connectivity index (χ4n) is 4.81. The monoisotopic (exact) mass is 528 g/mol. The third-order valence-corrected chi connectivity index (χ3v) is 6.96. The molecular formula is C25H20F4N6O3. The van der Waals surface area contributed by atoms with Crippen LogP contribution in [0.4, 0.5) is 28.0 Å². The van der Waals surface area contributed by atoms with E-state index in [-0.39, 0.29) is 36.4 Å². The van der Waals surface area contributed by atoms with Crippen molar-refractivity contribution in [2.45, 2.75) is 23.9 Å². The van der Waals surface area contributed by atoms with Crippen LogP contribution in [0.2, 0.25) is 0 Å². The summed E-state index contributed by atoms with van der Waals surface area (Å²) in [6, 6.07) is 8.62.